The van der Waals surface area contributed by atoms with Gasteiger partial charge in [0.25, 0.3) is 5.91 Å². The van der Waals surface area contributed by atoms with E-state index in [0.29, 0.717) is 11.1 Å². The molecule has 3 aromatic rings. The van der Waals surface area contributed by atoms with Crippen LogP contribution < -0.4 is 4.80 Å². The summed E-state index contributed by atoms with van der Waals surface area (Å²) < 4.78 is 3.26. The molecule has 0 aliphatic carbocycles. The van der Waals surface area contributed by atoms with Crippen LogP contribution in [0.5, 0.6) is 0 Å². The van der Waals surface area contributed by atoms with E-state index in [9.17, 15) is 9.59 Å². The van der Waals surface area contributed by atoms with Gasteiger partial charge in [-0.2, -0.15) is 4.99 Å². The highest BCUT2D eigenvalue weighted by molar-refractivity contribution is 7.16. The van der Waals surface area contributed by atoms with Gasteiger partial charge in [0.2, 0.25) is 0 Å². The summed E-state index contributed by atoms with van der Waals surface area (Å²) in [6.07, 6.45) is 1.95. The second-order valence-electron chi connectivity index (χ2n) is 6.24. The van der Waals surface area contributed by atoms with Crippen molar-refractivity contribution in [2.24, 2.45) is 4.99 Å². The van der Waals surface area contributed by atoms with Crippen molar-refractivity contribution in [1.29, 1.82) is 0 Å². The second kappa shape index (κ2) is 7.79. The number of hydrogen-bond acceptors (Lipinski definition) is 3. The number of thiazole rings is 1. The van der Waals surface area contributed by atoms with E-state index in [-0.39, 0.29) is 11.7 Å². The zero-order valence-corrected chi connectivity index (χ0v) is 16.1. The Morgan fingerprint density at radius 1 is 1.04 bits per heavy atom. The molecule has 3 rings (SSSR count). The van der Waals surface area contributed by atoms with Gasteiger partial charge in [0.05, 0.1) is 10.2 Å². The maximum absolute atomic E-state index is 12.6. The molecule has 0 aliphatic rings. The minimum atomic E-state index is -0.285. The number of amides is 1. The summed E-state index contributed by atoms with van der Waals surface area (Å²) >= 11 is 1.55. The lowest BCUT2D eigenvalue weighted by Gasteiger charge is -2.03. The van der Waals surface area contributed by atoms with Gasteiger partial charge in [0, 0.05) is 17.7 Å². The molecule has 0 aliphatic heterocycles. The Labute approximate surface area is 156 Å². The maximum Gasteiger partial charge on any atom is 0.279 e. The number of aromatic nitrogens is 1. The highest BCUT2D eigenvalue weighted by Crippen LogP contribution is 2.20. The average molecular weight is 366 g/mol. The molecule has 0 saturated heterocycles. The van der Waals surface area contributed by atoms with Crippen molar-refractivity contribution in [3.63, 3.8) is 0 Å². The Morgan fingerprint density at radius 2 is 1.73 bits per heavy atom. The molecule has 134 valence electrons. The van der Waals surface area contributed by atoms with Gasteiger partial charge in [-0.3, -0.25) is 9.59 Å². The summed E-state index contributed by atoms with van der Waals surface area (Å²) in [7, 11) is 0. The van der Waals surface area contributed by atoms with Gasteiger partial charge in [-0.1, -0.05) is 43.4 Å². The van der Waals surface area contributed by atoms with E-state index in [1.165, 1.54) is 12.5 Å². The fourth-order valence-electron chi connectivity index (χ4n) is 2.86. The molecular formula is C21H22N2O2S. The summed E-state index contributed by atoms with van der Waals surface area (Å²) in [5.41, 5.74) is 3.48. The summed E-state index contributed by atoms with van der Waals surface area (Å²) in [5.74, 6) is -0.301. The third-order valence-electron chi connectivity index (χ3n) is 4.34. The van der Waals surface area contributed by atoms with Gasteiger partial charge in [0.1, 0.15) is 0 Å². The van der Waals surface area contributed by atoms with Gasteiger partial charge < -0.3 is 4.57 Å². The Balaban J connectivity index is 2.05. The zero-order valence-electron chi connectivity index (χ0n) is 15.3. The van der Waals surface area contributed by atoms with E-state index < -0.39 is 0 Å². The lowest BCUT2D eigenvalue weighted by Crippen LogP contribution is -2.16. The van der Waals surface area contributed by atoms with Crippen molar-refractivity contribution in [2.75, 3.05) is 0 Å². The third-order valence-corrected chi connectivity index (χ3v) is 5.38. The lowest BCUT2D eigenvalue weighted by molar-refractivity contribution is 0.0991. The molecular weight excluding hydrogens is 344 g/mol. The number of aryl methyl sites for hydroxylation is 2. The van der Waals surface area contributed by atoms with Crippen LogP contribution in [-0.4, -0.2) is 16.3 Å². The minimum absolute atomic E-state index is 0.0158. The molecule has 1 heterocycles. The Kier molecular flexibility index (Phi) is 5.47. The molecule has 1 aromatic heterocycles. The molecule has 5 heteroatoms. The predicted octanol–water partition coefficient (Wildman–Crippen LogP) is 4.62. The van der Waals surface area contributed by atoms with Gasteiger partial charge in [-0.05, 0) is 49.6 Å². The molecule has 0 bridgehead atoms. The lowest BCUT2D eigenvalue weighted by atomic mass is 10.1. The van der Waals surface area contributed by atoms with Crippen molar-refractivity contribution < 1.29 is 9.59 Å². The third kappa shape index (κ3) is 3.68. The van der Waals surface area contributed by atoms with Crippen LogP contribution in [0.4, 0.5) is 0 Å². The monoisotopic (exact) mass is 366 g/mol. The van der Waals surface area contributed by atoms with E-state index in [1.807, 2.05) is 0 Å². The van der Waals surface area contributed by atoms with Crippen LogP contribution in [-0.2, 0) is 13.0 Å². The Bertz CT molecular complexity index is 1030. The van der Waals surface area contributed by atoms with Crippen molar-refractivity contribution in [2.45, 2.75) is 40.2 Å². The van der Waals surface area contributed by atoms with Gasteiger partial charge in [0.15, 0.2) is 10.6 Å². The molecule has 2 aromatic carbocycles. The highest BCUT2D eigenvalue weighted by atomic mass is 32.1. The number of hydrogen-bond donors (Lipinski definition) is 0. The fraction of sp³-hybridized carbons (Fsp3) is 0.286. The normalized spacial score (nSPS) is 11.9. The minimum Gasteiger partial charge on any atom is -0.316 e. The van der Waals surface area contributed by atoms with E-state index in [4.69, 9.17) is 0 Å². The number of ketones is 1. The van der Waals surface area contributed by atoms with Crippen molar-refractivity contribution in [3.05, 3.63) is 64.0 Å². The standard InChI is InChI=1S/C21H22N2O2S/c1-4-12-23-18-11-6-15(5-2)13-19(18)26-21(23)22-20(25)17-9-7-16(8-10-17)14(3)24/h6-11,13H,4-5,12H2,1-3H3. The number of rotatable bonds is 5. The van der Waals surface area contributed by atoms with E-state index >= 15 is 0 Å². The van der Waals surface area contributed by atoms with Gasteiger partial charge in [-0.25, -0.2) is 0 Å². The van der Waals surface area contributed by atoms with Gasteiger partial charge in [-0.15, -0.1) is 0 Å². The van der Waals surface area contributed by atoms with Crippen LogP contribution in [0.15, 0.2) is 47.5 Å². The molecule has 0 saturated carbocycles. The summed E-state index contributed by atoms with van der Waals surface area (Å²) in [5, 5.41) is 0. The first kappa shape index (κ1) is 18.3. The topological polar surface area (TPSA) is 51.4 Å². The number of benzene rings is 2. The SMILES string of the molecule is CCCn1c(=NC(=O)c2ccc(C(C)=O)cc2)sc2cc(CC)ccc21. The summed E-state index contributed by atoms with van der Waals surface area (Å²) in [4.78, 5) is 29.1. The first-order chi connectivity index (χ1) is 12.5. The zero-order chi connectivity index (χ0) is 18.7. The smallest absolute Gasteiger partial charge is 0.279 e. The molecule has 1 amide bonds. The van der Waals surface area contributed by atoms with E-state index in [1.54, 1.807) is 35.6 Å². The van der Waals surface area contributed by atoms with Crippen molar-refractivity contribution >= 4 is 33.2 Å². The number of fused-ring (bicyclic) bond motifs is 1. The number of carbonyl (C=O) groups excluding carboxylic acids is 2. The Hall–Kier alpha value is -2.53. The number of Topliss-reactive ketones (excluding diaryl/α,β-unsaturated/α-hetero) is 1. The molecule has 0 radical (unpaired) electrons. The molecule has 0 fully saturated rings. The van der Waals surface area contributed by atoms with Crippen LogP contribution in [0.1, 0.15) is 53.5 Å². The van der Waals surface area contributed by atoms with E-state index in [0.717, 1.165) is 34.4 Å². The number of nitrogens with zero attached hydrogens (tertiary/aromatic N) is 2. The van der Waals surface area contributed by atoms with Crippen LogP contribution in [0.25, 0.3) is 10.2 Å². The largest absolute Gasteiger partial charge is 0.316 e. The van der Waals surface area contributed by atoms with Crippen molar-refractivity contribution in [3.8, 4) is 0 Å². The molecule has 4 nitrogen and oxygen atoms in total. The maximum atomic E-state index is 12.6. The molecule has 26 heavy (non-hydrogen) atoms. The first-order valence-electron chi connectivity index (χ1n) is 8.85. The quantitative estimate of drug-likeness (QED) is 0.619. The fourth-order valence-corrected chi connectivity index (χ4v) is 3.98. The second-order valence-corrected chi connectivity index (χ2v) is 7.25. The molecule has 0 unspecified atom stereocenters. The molecule has 0 spiro atoms. The number of carbonyl (C=O) groups is 2. The average Bonchev–Trinajstić information content (AvgIpc) is 2.98. The summed E-state index contributed by atoms with van der Waals surface area (Å²) in [6.45, 7) is 6.58. The molecule has 0 atom stereocenters. The first-order valence-corrected chi connectivity index (χ1v) is 9.67. The van der Waals surface area contributed by atoms with Crippen LogP contribution >= 0.6 is 11.3 Å². The summed E-state index contributed by atoms with van der Waals surface area (Å²) in [6, 6.07) is 13.1. The van der Waals surface area contributed by atoms with E-state index in [2.05, 4.69) is 41.6 Å². The Morgan fingerprint density at radius 3 is 2.35 bits per heavy atom. The highest BCUT2D eigenvalue weighted by Gasteiger charge is 2.10. The van der Waals surface area contributed by atoms with Crippen LogP contribution in [0, 0.1) is 0 Å². The van der Waals surface area contributed by atoms with Gasteiger partial charge >= 0.3 is 0 Å². The van der Waals surface area contributed by atoms with Crippen LogP contribution in [0.3, 0.4) is 0 Å². The molecule has 0 N–H and O–H groups in total. The van der Waals surface area contributed by atoms with Crippen LogP contribution in [0.2, 0.25) is 0 Å². The van der Waals surface area contributed by atoms with Crippen molar-refractivity contribution in [1.82, 2.24) is 4.57 Å². The predicted molar refractivity (Wildman–Crippen MR) is 106 cm³/mol.